The molecule has 7 heteroatoms. The number of esters is 1. The number of hydrazone groups is 1. The van der Waals surface area contributed by atoms with Gasteiger partial charge < -0.3 is 9.47 Å². The van der Waals surface area contributed by atoms with Gasteiger partial charge in [-0.1, -0.05) is 35.4 Å². The number of rotatable bonds is 7. The third-order valence-corrected chi connectivity index (χ3v) is 4.45. The number of benzene rings is 3. The predicted molar refractivity (Wildman–Crippen MR) is 120 cm³/mol. The Hall–Kier alpha value is -3.64. The number of nitrogens with one attached hydrogen (secondary N) is 1. The van der Waals surface area contributed by atoms with E-state index in [1.165, 1.54) is 6.21 Å². The van der Waals surface area contributed by atoms with Crippen molar-refractivity contribution in [2.24, 2.45) is 5.10 Å². The second-order valence-electron chi connectivity index (χ2n) is 6.78. The second-order valence-corrected chi connectivity index (χ2v) is 7.22. The maximum Gasteiger partial charge on any atom is 0.343 e. The normalized spacial score (nSPS) is 11.7. The molecule has 3 rings (SSSR count). The van der Waals surface area contributed by atoms with Gasteiger partial charge in [0.15, 0.2) is 6.10 Å². The molecule has 1 unspecified atom stereocenters. The molecule has 1 atom stereocenters. The van der Waals surface area contributed by atoms with Gasteiger partial charge in [-0.05, 0) is 74.0 Å². The van der Waals surface area contributed by atoms with Gasteiger partial charge in [0.25, 0.3) is 5.91 Å². The highest BCUT2D eigenvalue weighted by Gasteiger charge is 2.14. The molecule has 1 amide bonds. The number of carbonyl (C=O) groups is 2. The van der Waals surface area contributed by atoms with Crippen LogP contribution in [0, 0.1) is 6.92 Å². The quantitative estimate of drug-likeness (QED) is 0.250. The Kier molecular flexibility index (Phi) is 7.40. The van der Waals surface area contributed by atoms with Crippen LogP contribution in [0.15, 0.2) is 77.9 Å². The van der Waals surface area contributed by atoms with E-state index in [4.69, 9.17) is 21.1 Å². The second kappa shape index (κ2) is 10.4. The van der Waals surface area contributed by atoms with E-state index >= 15 is 0 Å². The molecule has 31 heavy (non-hydrogen) atoms. The minimum Gasteiger partial charge on any atom is -0.481 e. The maximum atomic E-state index is 12.2. The Morgan fingerprint density at radius 3 is 2.45 bits per heavy atom. The molecule has 0 spiro atoms. The number of halogens is 1. The van der Waals surface area contributed by atoms with Gasteiger partial charge in [-0.3, -0.25) is 4.79 Å². The van der Waals surface area contributed by atoms with Crippen LogP contribution in [0.5, 0.6) is 11.5 Å². The van der Waals surface area contributed by atoms with Crippen molar-refractivity contribution in [3.8, 4) is 11.5 Å². The summed E-state index contributed by atoms with van der Waals surface area (Å²) in [5.41, 5.74) is 4.62. The average Bonchev–Trinajstić information content (AvgIpc) is 2.75. The van der Waals surface area contributed by atoms with Crippen LogP contribution in [0.4, 0.5) is 0 Å². The smallest absolute Gasteiger partial charge is 0.343 e. The van der Waals surface area contributed by atoms with Crippen LogP contribution in [0.2, 0.25) is 5.02 Å². The molecule has 0 radical (unpaired) electrons. The molecule has 6 nitrogen and oxygen atoms in total. The molecule has 0 heterocycles. The maximum absolute atomic E-state index is 12.2. The third kappa shape index (κ3) is 6.69. The summed E-state index contributed by atoms with van der Waals surface area (Å²) >= 11 is 5.90. The van der Waals surface area contributed by atoms with E-state index < -0.39 is 18.0 Å². The van der Waals surface area contributed by atoms with E-state index in [1.54, 1.807) is 73.7 Å². The van der Waals surface area contributed by atoms with E-state index in [9.17, 15) is 9.59 Å². The van der Waals surface area contributed by atoms with Crippen LogP contribution in [0.25, 0.3) is 0 Å². The van der Waals surface area contributed by atoms with E-state index in [-0.39, 0.29) is 0 Å². The highest BCUT2D eigenvalue weighted by atomic mass is 35.5. The zero-order valence-corrected chi connectivity index (χ0v) is 17.8. The zero-order chi connectivity index (χ0) is 22.2. The number of ether oxygens (including phenoxy) is 2. The first-order chi connectivity index (χ1) is 14.9. The summed E-state index contributed by atoms with van der Waals surface area (Å²) in [4.78, 5) is 24.3. The summed E-state index contributed by atoms with van der Waals surface area (Å²) in [6.07, 6.45) is 0.731. The highest BCUT2D eigenvalue weighted by Crippen LogP contribution is 2.18. The van der Waals surface area contributed by atoms with E-state index in [0.29, 0.717) is 22.1 Å². The average molecular weight is 437 g/mol. The van der Waals surface area contributed by atoms with Crippen molar-refractivity contribution >= 4 is 29.7 Å². The molecule has 0 saturated heterocycles. The molecule has 0 aliphatic carbocycles. The lowest BCUT2D eigenvalue weighted by molar-refractivity contribution is -0.127. The molecule has 0 aliphatic heterocycles. The first-order valence-corrected chi connectivity index (χ1v) is 9.92. The first kappa shape index (κ1) is 22.1. The number of hydrogen-bond acceptors (Lipinski definition) is 5. The monoisotopic (exact) mass is 436 g/mol. The summed E-state index contributed by atoms with van der Waals surface area (Å²) in [6.45, 7) is 3.52. The molecule has 0 aliphatic rings. The molecule has 0 fully saturated rings. The Morgan fingerprint density at radius 2 is 1.74 bits per heavy atom. The molecule has 158 valence electrons. The van der Waals surface area contributed by atoms with Crippen molar-refractivity contribution < 1.29 is 19.1 Å². The molecular formula is C24H21ClN2O4. The standard InChI is InChI=1S/C24H21ClN2O4/c1-16-5-3-6-19(13-16)24(29)31-21-11-9-18(10-12-21)15-26-27-23(28)17(2)30-22-8-4-7-20(25)14-22/h3-15,17H,1-2H3,(H,27,28)/b26-15+. The fraction of sp³-hybridized carbons (Fsp3) is 0.125. The van der Waals surface area contributed by atoms with E-state index in [2.05, 4.69) is 10.5 Å². The molecule has 0 saturated carbocycles. The van der Waals surface area contributed by atoms with Gasteiger partial charge in [-0.15, -0.1) is 0 Å². The van der Waals surface area contributed by atoms with Crippen LogP contribution >= 0.6 is 11.6 Å². The fourth-order valence-electron chi connectivity index (χ4n) is 2.62. The molecule has 0 aromatic heterocycles. The van der Waals surface area contributed by atoms with Crippen LogP contribution < -0.4 is 14.9 Å². The Bertz CT molecular complexity index is 1100. The van der Waals surface area contributed by atoms with Gasteiger partial charge in [0.05, 0.1) is 11.8 Å². The number of hydrogen-bond donors (Lipinski definition) is 1. The largest absolute Gasteiger partial charge is 0.481 e. The summed E-state index contributed by atoms with van der Waals surface area (Å²) in [6, 6.07) is 20.7. The highest BCUT2D eigenvalue weighted by molar-refractivity contribution is 6.30. The third-order valence-electron chi connectivity index (χ3n) is 4.21. The van der Waals surface area contributed by atoms with Crippen molar-refractivity contribution in [3.63, 3.8) is 0 Å². The van der Waals surface area contributed by atoms with Gasteiger partial charge in [0.1, 0.15) is 11.5 Å². The lowest BCUT2D eigenvalue weighted by atomic mass is 10.1. The molecular weight excluding hydrogens is 416 g/mol. The van der Waals surface area contributed by atoms with Crippen LogP contribution in [-0.2, 0) is 4.79 Å². The Balaban J connectivity index is 1.51. The number of nitrogens with zero attached hydrogens (tertiary/aromatic N) is 1. The zero-order valence-electron chi connectivity index (χ0n) is 17.0. The van der Waals surface area contributed by atoms with Gasteiger partial charge >= 0.3 is 5.97 Å². The molecule has 0 bridgehead atoms. The summed E-state index contributed by atoms with van der Waals surface area (Å²) < 4.78 is 10.9. The number of carbonyl (C=O) groups excluding carboxylic acids is 2. The van der Waals surface area contributed by atoms with Gasteiger partial charge in [-0.2, -0.15) is 5.10 Å². The van der Waals surface area contributed by atoms with Crippen molar-refractivity contribution in [1.29, 1.82) is 0 Å². The SMILES string of the molecule is Cc1cccc(C(=O)Oc2ccc(/C=N/NC(=O)C(C)Oc3cccc(Cl)c3)cc2)c1. The number of amides is 1. The lowest BCUT2D eigenvalue weighted by Gasteiger charge is -2.12. The lowest BCUT2D eigenvalue weighted by Crippen LogP contribution is -2.33. The first-order valence-electron chi connectivity index (χ1n) is 9.55. The van der Waals surface area contributed by atoms with Gasteiger partial charge in [0, 0.05) is 5.02 Å². The number of aryl methyl sites for hydroxylation is 1. The van der Waals surface area contributed by atoms with Crippen LogP contribution in [0.1, 0.15) is 28.4 Å². The van der Waals surface area contributed by atoms with E-state index in [1.807, 2.05) is 13.0 Å². The summed E-state index contributed by atoms with van der Waals surface area (Å²) in [5, 5.41) is 4.46. The Morgan fingerprint density at radius 1 is 1.00 bits per heavy atom. The van der Waals surface area contributed by atoms with Gasteiger partial charge in [0.2, 0.25) is 0 Å². The van der Waals surface area contributed by atoms with Crippen molar-refractivity contribution in [2.45, 2.75) is 20.0 Å². The van der Waals surface area contributed by atoms with Crippen molar-refractivity contribution in [2.75, 3.05) is 0 Å². The van der Waals surface area contributed by atoms with Crippen molar-refractivity contribution in [1.82, 2.24) is 5.43 Å². The predicted octanol–water partition coefficient (Wildman–Crippen LogP) is 4.79. The molecule has 1 N–H and O–H groups in total. The van der Waals surface area contributed by atoms with Crippen molar-refractivity contribution in [3.05, 3.63) is 94.5 Å². The van der Waals surface area contributed by atoms with Crippen LogP contribution in [-0.4, -0.2) is 24.2 Å². The van der Waals surface area contributed by atoms with E-state index in [0.717, 1.165) is 11.1 Å². The Labute approximate surface area is 185 Å². The topological polar surface area (TPSA) is 77.0 Å². The summed E-state index contributed by atoms with van der Waals surface area (Å²) in [7, 11) is 0. The summed E-state index contributed by atoms with van der Waals surface area (Å²) in [5.74, 6) is 0.0807. The minimum absolute atomic E-state index is 0.403. The molecule has 3 aromatic rings. The van der Waals surface area contributed by atoms with Crippen LogP contribution in [0.3, 0.4) is 0 Å². The molecule has 3 aromatic carbocycles. The van der Waals surface area contributed by atoms with Gasteiger partial charge in [-0.25, -0.2) is 10.2 Å². The fourth-order valence-corrected chi connectivity index (χ4v) is 2.80. The minimum atomic E-state index is -0.751.